The first-order chi connectivity index (χ1) is 13.0. The first-order valence-electron chi connectivity index (χ1n) is 8.75. The van der Waals surface area contributed by atoms with Crippen LogP contribution in [0.3, 0.4) is 0 Å². The molecule has 0 unspecified atom stereocenters. The number of amides is 1. The number of rotatable bonds is 6. The maximum atomic E-state index is 13.3. The zero-order valence-electron chi connectivity index (χ0n) is 15.4. The molecule has 27 heavy (non-hydrogen) atoms. The van der Waals surface area contributed by atoms with E-state index in [2.05, 4.69) is 15.4 Å². The molecule has 1 heterocycles. The second kappa shape index (κ2) is 7.99. The number of nitrogens with one attached hydrogen (secondary N) is 1. The van der Waals surface area contributed by atoms with E-state index < -0.39 is 0 Å². The third-order valence-electron chi connectivity index (χ3n) is 3.87. The number of aromatic nitrogens is 3. The lowest BCUT2D eigenvalue weighted by Gasteiger charge is -2.09. The maximum absolute atomic E-state index is 13.3. The molecule has 0 aliphatic carbocycles. The van der Waals surface area contributed by atoms with Gasteiger partial charge in [-0.3, -0.25) is 4.79 Å². The largest absolute Gasteiger partial charge is 0.463 e. The van der Waals surface area contributed by atoms with Gasteiger partial charge in [0.2, 0.25) is 5.91 Å². The molecule has 0 atom stereocenters. The molecule has 6 nitrogen and oxygen atoms in total. The van der Waals surface area contributed by atoms with Gasteiger partial charge in [-0.25, -0.2) is 9.07 Å². The average molecular weight is 368 g/mol. The van der Waals surface area contributed by atoms with E-state index in [4.69, 9.17) is 4.74 Å². The molecule has 0 aliphatic heterocycles. The van der Waals surface area contributed by atoms with E-state index in [9.17, 15) is 9.18 Å². The Balaban J connectivity index is 1.95. The van der Waals surface area contributed by atoms with Gasteiger partial charge < -0.3 is 10.1 Å². The first-order valence-corrected chi connectivity index (χ1v) is 8.75. The molecular weight excluding hydrogens is 347 g/mol. The molecule has 2 aromatic carbocycles. The predicted molar refractivity (Wildman–Crippen MR) is 101 cm³/mol. The molecule has 0 radical (unpaired) electrons. The van der Waals surface area contributed by atoms with Gasteiger partial charge in [0.25, 0.3) is 0 Å². The number of benzene rings is 2. The van der Waals surface area contributed by atoms with Crippen molar-refractivity contribution in [2.24, 2.45) is 5.92 Å². The van der Waals surface area contributed by atoms with Gasteiger partial charge in [-0.05, 0) is 55.5 Å². The number of hydrogen-bond acceptors (Lipinski definition) is 4. The van der Waals surface area contributed by atoms with Gasteiger partial charge in [0.15, 0.2) is 5.82 Å². The minimum Gasteiger partial charge on any atom is -0.463 e. The lowest BCUT2D eigenvalue weighted by Crippen LogP contribution is -2.17. The van der Waals surface area contributed by atoms with Crippen molar-refractivity contribution in [3.63, 3.8) is 0 Å². The summed E-state index contributed by atoms with van der Waals surface area (Å²) in [4.78, 5) is 16.2. The van der Waals surface area contributed by atoms with Crippen LogP contribution in [0.1, 0.15) is 20.8 Å². The van der Waals surface area contributed by atoms with E-state index in [1.54, 1.807) is 28.9 Å². The Morgan fingerprint density at radius 3 is 2.41 bits per heavy atom. The number of carbonyl (C=O) groups excluding carboxylic acids is 1. The summed E-state index contributed by atoms with van der Waals surface area (Å²) in [7, 11) is 0. The van der Waals surface area contributed by atoms with Gasteiger partial charge in [-0.2, -0.15) is 4.98 Å². The summed E-state index contributed by atoms with van der Waals surface area (Å²) in [6.07, 6.45) is 0. The van der Waals surface area contributed by atoms with Crippen molar-refractivity contribution in [2.75, 3.05) is 11.9 Å². The minimum absolute atomic E-state index is 0.0471. The molecule has 7 heteroatoms. The lowest BCUT2D eigenvalue weighted by atomic mass is 10.2. The van der Waals surface area contributed by atoms with Gasteiger partial charge >= 0.3 is 6.01 Å². The summed E-state index contributed by atoms with van der Waals surface area (Å²) in [5.41, 5.74) is 2.16. The Labute approximate surface area is 157 Å². The van der Waals surface area contributed by atoms with Gasteiger partial charge in [0.1, 0.15) is 5.82 Å². The molecule has 1 N–H and O–H groups in total. The van der Waals surface area contributed by atoms with Crippen LogP contribution in [-0.4, -0.2) is 27.3 Å². The van der Waals surface area contributed by atoms with Crippen molar-refractivity contribution in [1.82, 2.24) is 14.8 Å². The fourth-order valence-electron chi connectivity index (χ4n) is 2.42. The molecule has 3 aromatic rings. The van der Waals surface area contributed by atoms with Crippen LogP contribution in [-0.2, 0) is 4.79 Å². The highest BCUT2D eigenvalue weighted by Gasteiger charge is 2.15. The summed E-state index contributed by atoms with van der Waals surface area (Å²) in [6.45, 7) is 5.96. The van der Waals surface area contributed by atoms with Crippen LogP contribution in [0.25, 0.3) is 17.1 Å². The highest BCUT2D eigenvalue weighted by molar-refractivity contribution is 5.92. The molecule has 1 amide bonds. The SMILES string of the molecule is CCOc1nc(-c2ccc(F)cc2)n(-c2ccc(NC(=O)C(C)C)cc2)n1. The van der Waals surface area contributed by atoms with Crippen molar-refractivity contribution in [1.29, 1.82) is 0 Å². The van der Waals surface area contributed by atoms with Crippen LogP contribution in [0.2, 0.25) is 0 Å². The number of carbonyl (C=O) groups is 1. The Bertz CT molecular complexity index is 918. The summed E-state index contributed by atoms with van der Waals surface area (Å²) < 4.78 is 20.3. The topological polar surface area (TPSA) is 69.0 Å². The quantitative estimate of drug-likeness (QED) is 0.712. The van der Waals surface area contributed by atoms with Gasteiger partial charge in [-0.15, -0.1) is 5.10 Å². The van der Waals surface area contributed by atoms with E-state index in [1.165, 1.54) is 12.1 Å². The standard InChI is InChI=1S/C20H21FN4O2/c1-4-27-20-23-18(14-5-7-15(21)8-6-14)25(24-20)17-11-9-16(10-12-17)22-19(26)13(2)3/h5-13H,4H2,1-3H3,(H,22,26). The van der Waals surface area contributed by atoms with Crippen LogP contribution < -0.4 is 10.1 Å². The monoisotopic (exact) mass is 368 g/mol. The van der Waals surface area contributed by atoms with Gasteiger partial charge in [0, 0.05) is 17.2 Å². The molecule has 0 spiro atoms. The van der Waals surface area contributed by atoms with Crippen LogP contribution in [0.4, 0.5) is 10.1 Å². The number of hydrogen-bond donors (Lipinski definition) is 1. The fourth-order valence-corrected chi connectivity index (χ4v) is 2.42. The number of nitrogens with zero attached hydrogens (tertiary/aromatic N) is 3. The molecule has 3 rings (SSSR count). The predicted octanol–water partition coefficient (Wildman–Crippen LogP) is 4.07. The van der Waals surface area contributed by atoms with E-state index >= 15 is 0 Å². The molecular formula is C20H21FN4O2. The van der Waals surface area contributed by atoms with Crippen molar-refractivity contribution in [3.05, 3.63) is 54.3 Å². The normalized spacial score (nSPS) is 10.9. The Morgan fingerprint density at radius 1 is 1.15 bits per heavy atom. The van der Waals surface area contributed by atoms with E-state index in [0.717, 1.165) is 5.69 Å². The molecule has 0 saturated carbocycles. The first kappa shape index (κ1) is 18.6. The van der Waals surface area contributed by atoms with Crippen molar-refractivity contribution >= 4 is 11.6 Å². The number of anilines is 1. The smallest absolute Gasteiger partial charge is 0.336 e. The van der Waals surface area contributed by atoms with Crippen LogP contribution in [0.5, 0.6) is 6.01 Å². The number of halogens is 1. The third kappa shape index (κ3) is 4.31. The molecule has 0 aliphatic rings. The molecule has 1 aromatic heterocycles. The van der Waals surface area contributed by atoms with Gasteiger partial charge in [-0.1, -0.05) is 13.8 Å². The zero-order chi connectivity index (χ0) is 19.4. The van der Waals surface area contributed by atoms with E-state index in [1.807, 2.05) is 32.9 Å². The van der Waals surface area contributed by atoms with Gasteiger partial charge in [0.05, 0.1) is 12.3 Å². The number of ether oxygens (including phenoxy) is 1. The van der Waals surface area contributed by atoms with Crippen LogP contribution >= 0.6 is 0 Å². The minimum atomic E-state index is -0.319. The second-order valence-corrected chi connectivity index (χ2v) is 6.26. The summed E-state index contributed by atoms with van der Waals surface area (Å²) in [5, 5.41) is 7.24. The van der Waals surface area contributed by atoms with E-state index in [0.29, 0.717) is 23.7 Å². The van der Waals surface area contributed by atoms with Crippen molar-refractivity contribution < 1.29 is 13.9 Å². The maximum Gasteiger partial charge on any atom is 0.336 e. The van der Waals surface area contributed by atoms with Crippen LogP contribution in [0, 0.1) is 11.7 Å². The van der Waals surface area contributed by atoms with Crippen molar-refractivity contribution in [2.45, 2.75) is 20.8 Å². The highest BCUT2D eigenvalue weighted by atomic mass is 19.1. The Kier molecular flexibility index (Phi) is 5.49. The van der Waals surface area contributed by atoms with Crippen molar-refractivity contribution in [3.8, 4) is 23.1 Å². The summed E-state index contributed by atoms with van der Waals surface area (Å²) in [5.74, 6) is 0.0745. The average Bonchev–Trinajstić information content (AvgIpc) is 3.07. The fraction of sp³-hybridized carbons (Fsp3) is 0.250. The molecule has 140 valence electrons. The Hall–Kier alpha value is -3.22. The molecule has 0 saturated heterocycles. The summed E-state index contributed by atoms with van der Waals surface area (Å²) >= 11 is 0. The third-order valence-corrected chi connectivity index (χ3v) is 3.87. The molecule has 0 fully saturated rings. The zero-order valence-corrected chi connectivity index (χ0v) is 15.4. The Morgan fingerprint density at radius 2 is 1.81 bits per heavy atom. The summed E-state index contributed by atoms with van der Waals surface area (Å²) in [6, 6.07) is 13.5. The lowest BCUT2D eigenvalue weighted by molar-refractivity contribution is -0.118. The highest BCUT2D eigenvalue weighted by Crippen LogP contribution is 2.24. The second-order valence-electron chi connectivity index (χ2n) is 6.26. The van der Waals surface area contributed by atoms with E-state index in [-0.39, 0.29) is 23.7 Å². The van der Waals surface area contributed by atoms with Crippen LogP contribution in [0.15, 0.2) is 48.5 Å². The molecule has 0 bridgehead atoms.